The minimum absolute atomic E-state index is 0.0316. The zero-order valence-electron chi connectivity index (χ0n) is 12.4. The van der Waals surface area contributed by atoms with Crippen molar-refractivity contribution in [3.8, 4) is 0 Å². The lowest BCUT2D eigenvalue weighted by atomic mass is 9.99. The topological polar surface area (TPSA) is 32.5 Å². The molecule has 1 aromatic rings. The highest BCUT2D eigenvalue weighted by Crippen LogP contribution is 2.32. The zero-order chi connectivity index (χ0) is 15.0. The summed E-state index contributed by atoms with van der Waals surface area (Å²) in [5.41, 5.74) is 6.73. The largest absolute Gasteiger partial charge is 0.329 e. The first-order chi connectivity index (χ1) is 10.1. The van der Waals surface area contributed by atoms with Gasteiger partial charge in [0.2, 0.25) is 0 Å². The highest BCUT2D eigenvalue weighted by molar-refractivity contribution is 9.10. The molecule has 0 saturated carbocycles. The van der Waals surface area contributed by atoms with Gasteiger partial charge in [0.05, 0.1) is 6.04 Å². The summed E-state index contributed by atoms with van der Waals surface area (Å²) in [5, 5.41) is 0. The summed E-state index contributed by atoms with van der Waals surface area (Å²) in [4.78, 5) is 4.98. The zero-order valence-corrected chi connectivity index (χ0v) is 14.0. The monoisotopic (exact) mass is 355 g/mol. The highest BCUT2D eigenvalue weighted by atomic mass is 79.9. The van der Waals surface area contributed by atoms with Crippen molar-refractivity contribution >= 4 is 15.9 Å². The van der Waals surface area contributed by atoms with E-state index >= 15 is 0 Å². The predicted molar refractivity (Wildman–Crippen MR) is 86.7 cm³/mol. The van der Waals surface area contributed by atoms with Crippen molar-refractivity contribution in [2.24, 2.45) is 5.73 Å². The number of piperazine rings is 1. The van der Waals surface area contributed by atoms with E-state index < -0.39 is 0 Å². The molecular weight excluding hydrogens is 333 g/mol. The van der Waals surface area contributed by atoms with Crippen molar-refractivity contribution in [2.45, 2.75) is 37.9 Å². The molecule has 0 radical (unpaired) electrons. The Balaban J connectivity index is 1.85. The molecular formula is C16H23BrFN3. The molecule has 21 heavy (non-hydrogen) atoms. The van der Waals surface area contributed by atoms with Crippen LogP contribution in [0.25, 0.3) is 0 Å². The van der Waals surface area contributed by atoms with Crippen LogP contribution in [0.1, 0.15) is 31.4 Å². The van der Waals surface area contributed by atoms with Gasteiger partial charge in [-0.05, 0) is 38.4 Å². The normalized spacial score (nSPS) is 28.6. The average molecular weight is 356 g/mol. The Morgan fingerprint density at radius 1 is 1.43 bits per heavy atom. The average Bonchev–Trinajstić information content (AvgIpc) is 2.89. The SMILES string of the molecule is CC1CN2CCCC2CN1C(CN)c1ccc(Br)cc1F. The first-order valence-corrected chi connectivity index (χ1v) is 8.54. The summed E-state index contributed by atoms with van der Waals surface area (Å²) in [6, 6.07) is 6.30. The third-order valence-corrected chi connectivity index (χ3v) is 5.42. The van der Waals surface area contributed by atoms with E-state index in [-0.39, 0.29) is 11.9 Å². The van der Waals surface area contributed by atoms with E-state index in [9.17, 15) is 4.39 Å². The number of benzene rings is 1. The third kappa shape index (κ3) is 3.02. The molecule has 2 fully saturated rings. The van der Waals surface area contributed by atoms with Crippen LogP contribution in [-0.2, 0) is 0 Å². The van der Waals surface area contributed by atoms with Gasteiger partial charge in [-0.3, -0.25) is 9.80 Å². The molecule has 3 nitrogen and oxygen atoms in total. The van der Waals surface area contributed by atoms with Gasteiger partial charge in [-0.1, -0.05) is 22.0 Å². The lowest BCUT2D eigenvalue weighted by Crippen LogP contribution is -2.56. The molecule has 2 heterocycles. The Morgan fingerprint density at radius 3 is 2.95 bits per heavy atom. The van der Waals surface area contributed by atoms with Gasteiger partial charge in [-0.2, -0.15) is 0 Å². The molecule has 1 aromatic carbocycles. The van der Waals surface area contributed by atoms with Crippen LogP contribution in [0.4, 0.5) is 4.39 Å². The molecule has 116 valence electrons. The molecule has 0 bridgehead atoms. The molecule has 0 aromatic heterocycles. The Kier molecular flexibility index (Phi) is 4.64. The maximum Gasteiger partial charge on any atom is 0.129 e. The van der Waals surface area contributed by atoms with E-state index in [0.29, 0.717) is 18.6 Å². The Bertz CT molecular complexity index is 510. The second-order valence-electron chi connectivity index (χ2n) is 6.25. The maximum absolute atomic E-state index is 14.3. The van der Waals surface area contributed by atoms with Crippen molar-refractivity contribution in [1.29, 1.82) is 0 Å². The molecule has 0 spiro atoms. The minimum Gasteiger partial charge on any atom is -0.329 e. The smallest absolute Gasteiger partial charge is 0.129 e. The minimum atomic E-state index is -0.166. The van der Waals surface area contributed by atoms with Gasteiger partial charge < -0.3 is 5.73 Å². The van der Waals surface area contributed by atoms with Crippen molar-refractivity contribution in [3.63, 3.8) is 0 Å². The predicted octanol–water partition coefficient (Wildman–Crippen LogP) is 2.76. The number of hydrogen-bond donors (Lipinski definition) is 1. The van der Waals surface area contributed by atoms with Crippen LogP contribution in [0.2, 0.25) is 0 Å². The second kappa shape index (κ2) is 6.32. The number of halogens is 2. The summed E-state index contributed by atoms with van der Waals surface area (Å²) in [6.07, 6.45) is 2.54. The third-order valence-electron chi connectivity index (χ3n) is 4.93. The molecule has 5 heteroatoms. The molecule has 2 N–H and O–H groups in total. The quantitative estimate of drug-likeness (QED) is 0.904. The molecule has 3 unspecified atom stereocenters. The lowest BCUT2D eigenvalue weighted by Gasteiger charge is -2.46. The van der Waals surface area contributed by atoms with Crippen LogP contribution in [0.15, 0.2) is 22.7 Å². The summed E-state index contributed by atoms with van der Waals surface area (Å²) in [7, 11) is 0. The second-order valence-corrected chi connectivity index (χ2v) is 7.17. The Labute approximate surface area is 134 Å². The van der Waals surface area contributed by atoms with Gasteiger partial charge in [0.1, 0.15) is 5.82 Å². The van der Waals surface area contributed by atoms with Crippen LogP contribution >= 0.6 is 15.9 Å². The van der Waals surface area contributed by atoms with Gasteiger partial charge in [0, 0.05) is 41.8 Å². The first kappa shape index (κ1) is 15.4. The van der Waals surface area contributed by atoms with E-state index in [2.05, 4.69) is 32.7 Å². The number of rotatable bonds is 3. The number of fused-ring (bicyclic) bond motifs is 1. The van der Waals surface area contributed by atoms with E-state index in [4.69, 9.17) is 5.73 Å². The van der Waals surface area contributed by atoms with Crippen molar-refractivity contribution in [3.05, 3.63) is 34.1 Å². The van der Waals surface area contributed by atoms with Crippen LogP contribution in [0, 0.1) is 5.82 Å². The van der Waals surface area contributed by atoms with Crippen molar-refractivity contribution in [2.75, 3.05) is 26.2 Å². The van der Waals surface area contributed by atoms with E-state index in [1.54, 1.807) is 0 Å². The fourth-order valence-electron chi connectivity index (χ4n) is 3.86. The van der Waals surface area contributed by atoms with Gasteiger partial charge in [-0.25, -0.2) is 4.39 Å². The molecule has 2 saturated heterocycles. The molecule has 2 aliphatic rings. The standard InChI is InChI=1S/C16H23BrFN3/c1-11-9-20-6-2-3-13(20)10-21(11)16(8-19)14-5-4-12(17)7-15(14)18/h4-5,7,11,13,16H,2-3,6,8-10,19H2,1H3. The van der Waals surface area contributed by atoms with Gasteiger partial charge in [0.25, 0.3) is 0 Å². The van der Waals surface area contributed by atoms with Gasteiger partial charge in [0.15, 0.2) is 0 Å². The number of nitrogens with zero attached hydrogens (tertiary/aromatic N) is 2. The van der Waals surface area contributed by atoms with Crippen molar-refractivity contribution < 1.29 is 4.39 Å². The number of nitrogens with two attached hydrogens (primary N) is 1. The molecule has 3 rings (SSSR count). The van der Waals surface area contributed by atoms with Crippen LogP contribution in [-0.4, -0.2) is 48.1 Å². The lowest BCUT2D eigenvalue weighted by molar-refractivity contribution is 0.0286. The fourth-order valence-corrected chi connectivity index (χ4v) is 4.19. The first-order valence-electron chi connectivity index (χ1n) is 7.75. The van der Waals surface area contributed by atoms with Gasteiger partial charge in [-0.15, -0.1) is 0 Å². The van der Waals surface area contributed by atoms with E-state index in [0.717, 1.165) is 23.1 Å². The Morgan fingerprint density at radius 2 is 2.24 bits per heavy atom. The maximum atomic E-state index is 14.3. The molecule has 0 amide bonds. The summed E-state index contributed by atoms with van der Waals surface area (Å²) in [5.74, 6) is -0.166. The van der Waals surface area contributed by atoms with E-state index in [1.807, 2.05) is 12.1 Å². The van der Waals surface area contributed by atoms with Crippen LogP contribution < -0.4 is 5.73 Å². The van der Waals surface area contributed by atoms with Gasteiger partial charge >= 0.3 is 0 Å². The molecule has 0 aliphatic carbocycles. The summed E-state index contributed by atoms with van der Waals surface area (Å²) in [6.45, 7) is 5.96. The fraction of sp³-hybridized carbons (Fsp3) is 0.625. The highest BCUT2D eigenvalue weighted by Gasteiger charge is 2.37. The summed E-state index contributed by atoms with van der Waals surface area (Å²) < 4.78 is 15.1. The summed E-state index contributed by atoms with van der Waals surface area (Å²) >= 11 is 3.32. The van der Waals surface area contributed by atoms with Crippen LogP contribution in [0.5, 0.6) is 0 Å². The van der Waals surface area contributed by atoms with E-state index in [1.165, 1.54) is 25.5 Å². The van der Waals surface area contributed by atoms with Crippen LogP contribution in [0.3, 0.4) is 0 Å². The molecule has 2 aliphatic heterocycles. The van der Waals surface area contributed by atoms with Crippen molar-refractivity contribution in [1.82, 2.24) is 9.80 Å². The number of hydrogen-bond acceptors (Lipinski definition) is 3. The Hall–Kier alpha value is -0.490. The molecule has 3 atom stereocenters.